The fourth-order valence-electron chi connectivity index (χ4n) is 3.73. The maximum absolute atomic E-state index is 13.6. The first kappa shape index (κ1) is 24.2. The van der Waals surface area contributed by atoms with Crippen LogP contribution in [0.3, 0.4) is 0 Å². The van der Waals surface area contributed by atoms with Gasteiger partial charge in [-0.2, -0.15) is 0 Å². The van der Waals surface area contributed by atoms with Gasteiger partial charge in [0.25, 0.3) is 5.91 Å². The number of benzene rings is 2. The van der Waals surface area contributed by atoms with Gasteiger partial charge in [0.05, 0.1) is 16.8 Å². The van der Waals surface area contributed by atoms with Crippen molar-refractivity contribution in [2.45, 2.75) is 46.5 Å². The van der Waals surface area contributed by atoms with Gasteiger partial charge in [-0.1, -0.05) is 43.2 Å². The van der Waals surface area contributed by atoms with Gasteiger partial charge >= 0.3 is 0 Å². The normalized spacial score (nSPS) is 11.3. The molecule has 1 aromatic heterocycles. The van der Waals surface area contributed by atoms with Crippen LogP contribution in [-0.2, 0) is 0 Å². The summed E-state index contributed by atoms with van der Waals surface area (Å²) in [6, 6.07) is 11.8. The fraction of sp³-hybridized carbons (Fsp3) is 0.462. The van der Waals surface area contributed by atoms with Crippen molar-refractivity contribution in [2.24, 2.45) is 0 Å². The van der Waals surface area contributed by atoms with E-state index in [1.165, 1.54) is 11.1 Å². The highest BCUT2D eigenvalue weighted by molar-refractivity contribution is 7.22. The van der Waals surface area contributed by atoms with E-state index in [9.17, 15) is 4.79 Å². The first-order chi connectivity index (χ1) is 15.4. The zero-order valence-corrected chi connectivity index (χ0v) is 20.8. The molecule has 0 unspecified atom stereocenters. The number of aryl methyl sites for hydroxylation is 2. The van der Waals surface area contributed by atoms with Crippen molar-refractivity contribution in [3.8, 4) is 5.75 Å². The van der Waals surface area contributed by atoms with Gasteiger partial charge in [-0.15, -0.1) is 0 Å². The number of nitrogens with zero attached hydrogens (tertiary/aromatic N) is 3. The first-order valence-corrected chi connectivity index (χ1v) is 12.3. The van der Waals surface area contributed by atoms with Crippen LogP contribution in [0.4, 0.5) is 5.13 Å². The van der Waals surface area contributed by atoms with Gasteiger partial charge in [-0.05, 0) is 82.7 Å². The minimum Gasteiger partial charge on any atom is -0.494 e. The lowest BCUT2D eigenvalue weighted by Gasteiger charge is -2.21. The van der Waals surface area contributed by atoms with Gasteiger partial charge in [-0.3, -0.25) is 9.69 Å². The summed E-state index contributed by atoms with van der Waals surface area (Å²) in [6.45, 7) is 8.57. The first-order valence-electron chi connectivity index (χ1n) is 11.5. The van der Waals surface area contributed by atoms with Crippen LogP contribution in [0.2, 0.25) is 0 Å². The summed E-state index contributed by atoms with van der Waals surface area (Å²) in [5.74, 6) is 0.715. The van der Waals surface area contributed by atoms with Crippen molar-refractivity contribution in [1.29, 1.82) is 0 Å². The lowest BCUT2D eigenvalue weighted by Crippen LogP contribution is -2.33. The molecule has 0 saturated heterocycles. The van der Waals surface area contributed by atoms with Gasteiger partial charge in [0.15, 0.2) is 5.13 Å². The highest BCUT2D eigenvalue weighted by atomic mass is 32.1. The number of unbranched alkanes of at least 4 members (excludes halogenated alkanes) is 2. The molecule has 0 aliphatic rings. The molecule has 3 aromatic rings. The SMILES string of the molecule is CCCCCOc1cccc(C(=O)N(CCCN(C)C)c2nc3cc(C)cc(C)c3s2)c1. The molecule has 5 nitrogen and oxygen atoms in total. The van der Waals surface area contributed by atoms with Crippen molar-refractivity contribution in [3.63, 3.8) is 0 Å². The van der Waals surface area contributed by atoms with Crippen LogP contribution in [0.1, 0.15) is 54.1 Å². The molecule has 1 amide bonds. The zero-order chi connectivity index (χ0) is 23.1. The van der Waals surface area contributed by atoms with Crippen LogP contribution < -0.4 is 9.64 Å². The Morgan fingerprint density at radius 2 is 1.88 bits per heavy atom. The van der Waals surface area contributed by atoms with Crippen molar-refractivity contribution in [3.05, 3.63) is 53.1 Å². The minimum absolute atomic E-state index is 0.0313. The van der Waals surface area contributed by atoms with Gasteiger partial charge in [0.2, 0.25) is 0 Å². The molecule has 0 N–H and O–H groups in total. The number of hydrogen-bond donors (Lipinski definition) is 0. The van der Waals surface area contributed by atoms with E-state index in [0.717, 1.165) is 53.3 Å². The third kappa shape index (κ3) is 6.30. The molecule has 0 atom stereocenters. The quantitative estimate of drug-likeness (QED) is 0.330. The van der Waals surface area contributed by atoms with Gasteiger partial charge in [0, 0.05) is 12.1 Å². The second kappa shape index (κ2) is 11.4. The molecule has 0 aliphatic heterocycles. The highest BCUT2D eigenvalue weighted by Gasteiger charge is 2.22. The van der Waals surface area contributed by atoms with E-state index in [0.29, 0.717) is 18.7 Å². The van der Waals surface area contributed by atoms with Gasteiger partial charge < -0.3 is 9.64 Å². The Morgan fingerprint density at radius 1 is 1.06 bits per heavy atom. The summed E-state index contributed by atoms with van der Waals surface area (Å²) in [6.07, 6.45) is 4.20. The number of anilines is 1. The zero-order valence-electron chi connectivity index (χ0n) is 20.0. The Hall–Kier alpha value is -2.44. The summed E-state index contributed by atoms with van der Waals surface area (Å²) >= 11 is 1.60. The van der Waals surface area contributed by atoms with E-state index < -0.39 is 0 Å². The average molecular weight is 454 g/mol. The number of aromatic nitrogens is 1. The largest absolute Gasteiger partial charge is 0.494 e. The van der Waals surface area contributed by atoms with Crippen molar-refractivity contribution in [2.75, 3.05) is 38.7 Å². The van der Waals surface area contributed by atoms with Crippen LogP contribution in [0, 0.1) is 13.8 Å². The van der Waals surface area contributed by atoms with E-state index >= 15 is 0 Å². The van der Waals surface area contributed by atoms with E-state index in [2.05, 4.69) is 51.9 Å². The average Bonchev–Trinajstić information content (AvgIpc) is 3.18. The summed E-state index contributed by atoms with van der Waals surface area (Å²) in [7, 11) is 4.10. The number of hydrogen-bond acceptors (Lipinski definition) is 5. The predicted molar refractivity (Wildman–Crippen MR) is 135 cm³/mol. The highest BCUT2D eigenvalue weighted by Crippen LogP contribution is 2.33. The Balaban J connectivity index is 1.87. The van der Waals surface area contributed by atoms with Crippen molar-refractivity contribution in [1.82, 2.24) is 9.88 Å². The van der Waals surface area contributed by atoms with Gasteiger partial charge in [-0.25, -0.2) is 4.98 Å². The van der Waals surface area contributed by atoms with Gasteiger partial charge in [0.1, 0.15) is 5.75 Å². The fourth-order valence-corrected chi connectivity index (χ4v) is 4.77. The smallest absolute Gasteiger partial charge is 0.260 e. The van der Waals surface area contributed by atoms with Crippen LogP contribution in [0.15, 0.2) is 36.4 Å². The molecule has 0 spiro atoms. The third-order valence-corrected chi connectivity index (χ3v) is 6.60. The molecule has 3 rings (SSSR count). The molecule has 2 aromatic carbocycles. The molecule has 0 bridgehead atoms. The number of carbonyl (C=O) groups excluding carboxylic acids is 1. The van der Waals surface area contributed by atoms with E-state index in [4.69, 9.17) is 9.72 Å². The molecule has 1 heterocycles. The molecule has 172 valence electrons. The Morgan fingerprint density at radius 3 is 2.62 bits per heavy atom. The van der Waals surface area contributed by atoms with Crippen LogP contribution >= 0.6 is 11.3 Å². The molecule has 6 heteroatoms. The second-order valence-electron chi connectivity index (χ2n) is 8.62. The topological polar surface area (TPSA) is 45.7 Å². The number of ether oxygens (including phenoxy) is 1. The number of carbonyl (C=O) groups is 1. The van der Waals surface area contributed by atoms with E-state index in [1.54, 1.807) is 11.3 Å². The minimum atomic E-state index is -0.0313. The number of thiazole rings is 1. The monoisotopic (exact) mass is 453 g/mol. The lowest BCUT2D eigenvalue weighted by molar-refractivity contribution is 0.0985. The van der Waals surface area contributed by atoms with E-state index in [1.807, 2.05) is 29.2 Å². The molecular weight excluding hydrogens is 418 g/mol. The number of rotatable bonds is 11. The molecule has 0 radical (unpaired) electrons. The third-order valence-electron chi connectivity index (χ3n) is 5.37. The Labute approximate surface area is 196 Å². The standard InChI is InChI=1S/C26H35N3O2S/c1-6-7-8-15-31-22-12-9-11-21(18-22)25(30)29(14-10-13-28(4)5)26-27-23-17-19(2)16-20(3)24(23)32-26/h9,11-12,16-18H,6-8,10,13-15H2,1-5H3. The lowest BCUT2D eigenvalue weighted by atomic mass is 10.1. The maximum Gasteiger partial charge on any atom is 0.260 e. The van der Waals surface area contributed by atoms with Crippen molar-refractivity contribution >= 4 is 32.6 Å². The molecule has 0 aliphatic carbocycles. The second-order valence-corrected chi connectivity index (χ2v) is 9.60. The van der Waals surface area contributed by atoms with Crippen LogP contribution in [-0.4, -0.2) is 49.6 Å². The predicted octanol–water partition coefficient (Wildman–Crippen LogP) is 6.08. The summed E-state index contributed by atoms with van der Waals surface area (Å²) in [4.78, 5) is 22.4. The Kier molecular flexibility index (Phi) is 8.65. The van der Waals surface area contributed by atoms with Crippen LogP contribution in [0.25, 0.3) is 10.2 Å². The Bertz CT molecular complexity index is 1040. The number of amides is 1. The van der Waals surface area contributed by atoms with Crippen LogP contribution in [0.5, 0.6) is 5.75 Å². The molecule has 0 saturated carbocycles. The summed E-state index contributed by atoms with van der Waals surface area (Å²) in [5.41, 5.74) is 3.98. The number of fused-ring (bicyclic) bond motifs is 1. The molecular formula is C26H35N3O2S. The maximum atomic E-state index is 13.6. The summed E-state index contributed by atoms with van der Waals surface area (Å²) < 4.78 is 7.03. The van der Waals surface area contributed by atoms with E-state index in [-0.39, 0.29) is 5.91 Å². The molecule has 0 fully saturated rings. The molecule has 32 heavy (non-hydrogen) atoms. The van der Waals surface area contributed by atoms with Crippen molar-refractivity contribution < 1.29 is 9.53 Å². The summed E-state index contributed by atoms with van der Waals surface area (Å²) in [5, 5.41) is 0.756.